The van der Waals surface area contributed by atoms with E-state index in [-0.39, 0.29) is 0 Å². The number of hydrogen-bond acceptors (Lipinski definition) is 2. The fourth-order valence-corrected chi connectivity index (χ4v) is 1.65. The summed E-state index contributed by atoms with van der Waals surface area (Å²) in [4.78, 5) is 0. The van der Waals surface area contributed by atoms with Crippen molar-refractivity contribution in [2.24, 2.45) is 0 Å². The molecule has 1 N–H and O–H groups in total. The summed E-state index contributed by atoms with van der Waals surface area (Å²) in [7, 11) is 0. The van der Waals surface area contributed by atoms with Crippen molar-refractivity contribution < 1.29 is 4.74 Å². The Morgan fingerprint density at radius 2 is 2.06 bits per heavy atom. The molecule has 0 aliphatic rings. The summed E-state index contributed by atoms with van der Waals surface area (Å²) in [6.45, 7) is 9.26. The number of rotatable bonds is 8. The lowest BCUT2D eigenvalue weighted by atomic mass is 10.2. The summed E-state index contributed by atoms with van der Waals surface area (Å²) in [6, 6.07) is 8.16. The molecule has 1 rings (SSSR count). The molecule has 0 saturated heterocycles. The van der Waals surface area contributed by atoms with Crippen LogP contribution in [0.25, 0.3) is 0 Å². The smallest absolute Gasteiger partial charge is 0.0721 e. The third kappa shape index (κ3) is 6.61. The molecular formula is C14H20BrNO. The van der Waals surface area contributed by atoms with Gasteiger partial charge in [-0.1, -0.05) is 41.6 Å². The monoisotopic (exact) mass is 297 g/mol. The Hall–Kier alpha value is -0.640. The van der Waals surface area contributed by atoms with Gasteiger partial charge in [0.1, 0.15) is 0 Å². The van der Waals surface area contributed by atoms with E-state index in [1.165, 1.54) is 5.56 Å². The van der Waals surface area contributed by atoms with Crippen molar-refractivity contribution in [2.45, 2.75) is 20.0 Å². The molecule has 0 saturated carbocycles. The van der Waals surface area contributed by atoms with Gasteiger partial charge in [-0.2, -0.15) is 0 Å². The van der Waals surface area contributed by atoms with Crippen LogP contribution in [0.4, 0.5) is 0 Å². The first kappa shape index (κ1) is 14.4. The Balaban J connectivity index is 2.14. The predicted octanol–water partition coefficient (Wildman–Crippen LogP) is 3.52. The zero-order valence-corrected chi connectivity index (χ0v) is 11.9. The highest BCUT2D eigenvalue weighted by molar-refractivity contribution is 9.10. The average Bonchev–Trinajstić information content (AvgIpc) is 2.32. The Morgan fingerprint density at radius 1 is 1.35 bits per heavy atom. The van der Waals surface area contributed by atoms with Gasteiger partial charge in [-0.3, -0.25) is 0 Å². The molecule has 1 aromatic carbocycles. The second-order valence-corrected chi connectivity index (χ2v) is 4.96. The summed E-state index contributed by atoms with van der Waals surface area (Å²) in [5.74, 6) is 0. The van der Waals surface area contributed by atoms with Crippen molar-refractivity contribution in [2.75, 3.05) is 19.7 Å². The maximum Gasteiger partial charge on any atom is 0.0721 e. The topological polar surface area (TPSA) is 21.3 Å². The number of hydrogen-bond donors (Lipinski definition) is 1. The minimum absolute atomic E-state index is 0.618. The fourth-order valence-electron chi connectivity index (χ4n) is 1.39. The molecule has 17 heavy (non-hydrogen) atoms. The van der Waals surface area contributed by atoms with Gasteiger partial charge in [0.15, 0.2) is 0 Å². The molecule has 94 valence electrons. The lowest BCUT2D eigenvalue weighted by Crippen LogP contribution is -2.19. The van der Waals surface area contributed by atoms with Gasteiger partial charge in [-0.15, -0.1) is 0 Å². The fraction of sp³-hybridized carbons (Fsp3) is 0.429. The Kier molecular flexibility index (Phi) is 7.17. The summed E-state index contributed by atoms with van der Waals surface area (Å²) in [5, 5.41) is 3.31. The van der Waals surface area contributed by atoms with E-state index >= 15 is 0 Å². The van der Waals surface area contributed by atoms with E-state index in [0.717, 1.165) is 29.6 Å². The van der Waals surface area contributed by atoms with Crippen molar-refractivity contribution in [1.29, 1.82) is 0 Å². The molecule has 0 atom stereocenters. The number of nitrogens with one attached hydrogen (secondary N) is 1. The van der Waals surface area contributed by atoms with Gasteiger partial charge < -0.3 is 10.1 Å². The van der Waals surface area contributed by atoms with Crippen LogP contribution in [-0.4, -0.2) is 19.7 Å². The normalized spacial score (nSPS) is 10.5. The molecule has 0 unspecified atom stereocenters. The molecule has 2 nitrogen and oxygen atoms in total. The molecule has 0 aliphatic heterocycles. The van der Waals surface area contributed by atoms with Crippen molar-refractivity contribution in [3.8, 4) is 0 Å². The van der Waals surface area contributed by atoms with Crippen molar-refractivity contribution in [3.63, 3.8) is 0 Å². The minimum atomic E-state index is 0.618. The lowest BCUT2D eigenvalue weighted by molar-refractivity contribution is 0.141. The Labute approximate surface area is 112 Å². The zero-order chi connectivity index (χ0) is 12.5. The van der Waals surface area contributed by atoms with E-state index in [0.29, 0.717) is 13.2 Å². The summed E-state index contributed by atoms with van der Waals surface area (Å²) in [6.07, 6.45) is 1.15. The summed E-state index contributed by atoms with van der Waals surface area (Å²) >= 11 is 3.41. The van der Waals surface area contributed by atoms with Gasteiger partial charge in [-0.25, -0.2) is 0 Å². The first-order chi connectivity index (χ1) is 8.22. The van der Waals surface area contributed by atoms with Crippen LogP contribution in [0, 0.1) is 0 Å². The van der Waals surface area contributed by atoms with Crippen molar-refractivity contribution in [1.82, 2.24) is 5.32 Å². The van der Waals surface area contributed by atoms with Crippen LogP contribution in [0.3, 0.4) is 0 Å². The van der Waals surface area contributed by atoms with Gasteiger partial charge >= 0.3 is 0 Å². The summed E-state index contributed by atoms with van der Waals surface area (Å²) < 4.78 is 6.69. The molecule has 3 heteroatoms. The van der Waals surface area contributed by atoms with Crippen molar-refractivity contribution >= 4 is 15.9 Å². The number of benzene rings is 1. The average molecular weight is 298 g/mol. The molecular weight excluding hydrogens is 278 g/mol. The zero-order valence-electron chi connectivity index (χ0n) is 10.3. The van der Waals surface area contributed by atoms with Crippen molar-refractivity contribution in [3.05, 3.63) is 46.5 Å². The predicted molar refractivity (Wildman–Crippen MR) is 76.1 cm³/mol. The van der Waals surface area contributed by atoms with Crippen LogP contribution in [0.1, 0.15) is 18.9 Å². The molecule has 0 amide bonds. The van der Waals surface area contributed by atoms with Gasteiger partial charge in [0, 0.05) is 11.0 Å². The molecule has 0 heterocycles. The van der Waals surface area contributed by atoms with E-state index in [9.17, 15) is 0 Å². The molecule has 0 aromatic heterocycles. The second-order valence-electron chi connectivity index (χ2n) is 4.05. The maximum atomic E-state index is 5.60. The van der Waals surface area contributed by atoms with E-state index in [1.54, 1.807) is 0 Å². The Morgan fingerprint density at radius 3 is 2.71 bits per heavy atom. The largest absolute Gasteiger partial charge is 0.372 e. The lowest BCUT2D eigenvalue weighted by Gasteiger charge is -2.08. The molecule has 0 fully saturated rings. The minimum Gasteiger partial charge on any atom is -0.372 e. The molecule has 0 radical (unpaired) electrons. The third-order valence-corrected chi connectivity index (χ3v) is 2.82. The number of ether oxygens (including phenoxy) is 1. The molecule has 0 spiro atoms. The molecule has 1 aromatic rings. The highest BCUT2D eigenvalue weighted by Crippen LogP contribution is 2.11. The van der Waals surface area contributed by atoms with E-state index in [4.69, 9.17) is 4.74 Å². The highest BCUT2D eigenvalue weighted by atomic mass is 79.9. The third-order valence-electron chi connectivity index (χ3n) is 2.29. The van der Waals surface area contributed by atoms with E-state index in [2.05, 4.69) is 46.9 Å². The Bertz CT molecular complexity index is 335. The SMILES string of the molecule is C=C(CNCCC)COCc1ccc(Br)cc1. The van der Waals surface area contributed by atoms with Crippen LogP contribution in [-0.2, 0) is 11.3 Å². The van der Waals surface area contributed by atoms with Crippen LogP contribution >= 0.6 is 15.9 Å². The van der Waals surface area contributed by atoms with E-state index < -0.39 is 0 Å². The van der Waals surface area contributed by atoms with Gasteiger partial charge in [0.2, 0.25) is 0 Å². The van der Waals surface area contributed by atoms with Gasteiger partial charge in [0.25, 0.3) is 0 Å². The first-order valence-electron chi connectivity index (χ1n) is 5.92. The summed E-state index contributed by atoms with van der Waals surface area (Å²) in [5.41, 5.74) is 2.28. The second kappa shape index (κ2) is 8.45. The van der Waals surface area contributed by atoms with E-state index in [1.807, 2.05) is 12.1 Å². The van der Waals surface area contributed by atoms with Gasteiger partial charge in [0.05, 0.1) is 13.2 Å². The van der Waals surface area contributed by atoms with Gasteiger partial charge in [-0.05, 0) is 36.2 Å². The molecule has 0 bridgehead atoms. The quantitative estimate of drug-likeness (QED) is 0.585. The van der Waals surface area contributed by atoms with Crippen LogP contribution in [0.2, 0.25) is 0 Å². The van der Waals surface area contributed by atoms with Crippen LogP contribution in [0.5, 0.6) is 0 Å². The first-order valence-corrected chi connectivity index (χ1v) is 6.71. The standard InChI is InChI=1S/C14H20BrNO/c1-3-8-16-9-12(2)10-17-11-13-4-6-14(15)7-5-13/h4-7,16H,2-3,8-11H2,1H3. The van der Waals surface area contributed by atoms with Crippen LogP contribution in [0.15, 0.2) is 40.9 Å². The number of halogens is 1. The highest BCUT2D eigenvalue weighted by Gasteiger charge is 1.96. The van der Waals surface area contributed by atoms with Crippen LogP contribution < -0.4 is 5.32 Å². The maximum absolute atomic E-state index is 5.60. The molecule has 0 aliphatic carbocycles.